The Bertz CT molecular complexity index is 1280. The summed E-state index contributed by atoms with van der Waals surface area (Å²) in [4.78, 5) is 27.4. The second-order valence-electron chi connectivity index (χ2n) is 9.01. The molecule has 214 valence electrons. The Balaban J connectivity index is 1.41. The lowest BCUT2D eigenvalue weighted by molar-refractivity contribution is -0.155. The van der Waals surface area contributed by atoms with Crippen molar-refractivity contribution < 1.29 is 37.8 Å². The molecule has 40 heavy (non-hydrogen) atoms. The Morgan fingerprint density at radius 2 is 1.95 bits per heavy atom. The van der Waals surface area contributed by atoms with Gasteiger partial charge in [0.1, 0.15) is 12.4 Å². The molecule has 0 spiro atoms. The summed E-state index contributed by atoms with van der Waals surface area (Å²) in [7, 11) is 1.38. The molecule has 0 radical (unpaired) electrons. The van der Waals surface area contributed by atoms with Gasteiger partial charge >= 0.3 is 11.9 Å². The summed E-state index contributed by atoms with van der Waals surface area (Å²) < 4.78 is 34.8. The minimum Gasteiger partial charge on any atom is -0.479 e. The van der Waals surface area contributed by atoms with Gasteiger partial charge in [-0.25, -0.2) is 14.2 Å². The molecule has 1 aliphatic rings. The summed E-state index contributed by atoms with van der Waals surface area (Å²) in [6.45, 7) is 3.18. The molecular weight excluding hydrogens is 547 g/mol. The Hall–Kier alpha value is -3.55. The van der Waals surface area contributed by atoms with Crippen LogP contribution in [0.4, 0.5) is 4.39 Å². The summed E-state index contributed by atoms with van der Waals surface area (Å²) >= 11 is 6.02. The number of carbonyl (C=O) groups excluding carboxylic acids is 2. The number of benzene rings is 2. The van der Waals surface area contributed by atoms with Gasteiger partial charge in [-0.15, -0.1) is 0 Å². The molecule has 2 N–H and O–H groups in total. The van der Waals surface area contributed by atoms with Gasteiger partial charge in [-0.3, -0.25) is 15.1 Å². The van der Waals surface area contributed by atoms with Crippen molar-refractivity contribution in [3.05, 3.63) is 70.7 Å². The van der Waals surface area contributed by atoms with Gasteiger partial charge in [0.2, 0.25) is 5.76 Å². The first kappa shape index (κ1) is 29.4. The Kier molecular flexibility index (Phi) is 10.4. The highest BCUT2D eigenvalue weighted by atomic mass is 35.5. The van der Waals surface area contributed by atoms with Crippen LogP contribution in [0.1, 0.15) is 16.1 Å². The molecule has 11 nitrogen and oxygen atoms in total. The second kappa shape index (κ2) is 14.2. The maximum Gasteiger partial charge on any atom is 0.336 e. The average molecular weight is 577 g/mol. The summed E-state index contributed by atoms with van der Waals surface area (Å²) in [6.07, 6.45) is -1.55. The van der Waals surface area contributed by atoms with Crippen LogP contribution in [-0.2, 0) is 20.8 Å². The molecular formula is C27H30ClFN4O7. The highest BCUT2D eigenvalue weighted by molar-refractivity contribution is 6.30. The molecule has 0 saturated carbocycles. The van der Waals surface area contributed by atoms with Crippen molar-refractivity contribution in [2.24, 2.45) is 0 Å². The van der Waals surface area contributed by atoms with E-state index >= 15 is 0 Å². The molecule has 1 amide bonds. The van der Waals surface area contributed by atoms with Crippen molar-refractivity contribution in [1.82, 2.24) is 20.5 Å². The lowest BCUT2D eigenvalue weighted by Crippen LogP contribution is -2.47. The number of methoxy groups -OCH3 is 1. The molecule has 1 saturated heterocycles. The average Bonchev–Trinajstić information content (AvgIpc) is 3.45. The Labute approximate surface area is 235 Å². The normalized spacial score (nSPS) is 14.6. The number of aliphatic hydroxyl groups is 1. The van der Waals surface area contributed by atoms with E-state index < -0.39 is 23.8 Å². The van der Waals surface area contributed by atoms with Crippen molar-refractivity contribution >= 4 is 23.5 Å². The first-order valence-electron chi connectivity index (χ1n) is 12.6. The molecule has 2 aromatic carbocycles. The highest BCUT2D eigenvalue weighted by Crippen LogP contribution is 2.26. The van der Waals surface area contributed by atoms with Crippen LogP contribution in [-0.4, -0.2) is 91.3 Å². The number of rotatable bonds is 12. The predicted octanol–water partition coefficient (Wildman–Crippen LogP) is 2.53. The van der Waals surface area contributed by atoms with Gasteiger partial charge in [0.05, 0.1) is 32.9 Å². The number of aromatic nitrogens is 1. The smallest absolute Gasteiger partial charge is 0.336 e. The monoisotopic (exact) mass is 576 g/mol. The van der Waals surface area contributed by atoms with Gasteiger partial charge in [-0.1, -0.05) is 35.9 Å². The minimum absolute atomic E-state index is 0.0907. The quantitative estimate of drug-likeness (QED) is 0.245. The summed E-state index contributed by atoms with van der Waals surface area (Å²) in [5.74, 6) is -1.91. The maximum absolute atomic E-state index is 14.3. The maximum atomic E-state index is 14.3. The van der Waals surface area contributed by atoms with Crippen LogP contribution < -0.4 is 10.2 Å². The summed E-state index contributed by atoms with van der Waals surface area (Å²) in [5.41, 5.74) is 4.27. The van der Waals surface area contributed by atoms with Gasteiger partial charge in [0.25, 0.3) is 5.88 Å². The molecule has 2 heterocycles. The largest absolute Gasteiger partial charge is 0.479 e. The van der Waals surface area contributed by atoms with E-state index in [0.717, 1.165) is 13.1 Å². The van der Waals surface area contributed by atoms with Gasteiger partial charge < -0.3 is 23.8 Å². The van der Waals surface area contributed by atoms with Crippen molar-refractivity contribution in [2.45, 2.75) is 12.6 Å². The van der Waals surface area contributed by atoms with Crippen LogP contribution in [0, 0.1) is 5.82 Å². The third-order valence-corrected chi connectivity index (χ3v) is 6.40. The van der Waals surface area contributed by atoms with Crippen LogP contribution >= 0.6 is 11.6 Å². The SMILES string of the molecule is COc1cc(C(=O)NN(Cc2ccc(-c3cc(Cl)ccc3F)cc2)C[C@@H](O)C(=O)OCCN2CCOCC2)on1. The predicted molar refractivity (Wildman–Crippen MR) is 142 cm³/mol. The molecule has 0 unspecified atom stereocenters. The lowest BCUT2D eigenvalue weighted by atomic mass is 10.0. The van der Waals surface area contributed by atoms with Crippen LogP contribution in [0.3, 0.4) is 0 Å². The van der Waals surface area contributed by atoms with E-state index in [1.807, 2.05) is 0 Å². The minimum atomic E-state index is -1.55. The number of carbonyl (C=O) groups is 2. The number of ether oxygens (including phenoxy) is 3. The van der Waals surface area contributed by atoms with E-state index in [2.05, 4.69) is 15.5 Å². The second-order valence-corrected chi connectivity index (χ2v) is 9.45. The molecule has 1 atom stereocenters. The molecule has 13 heteroatoms. The van der Waals surface area contributed by atoms with Crippen molar-refractivity contribution in [1.29, 1.82) is 0 Å². The van der Waals surface area contributed by atoms with E-state index in [9.17, 15) is 19.1 Å². The first-order valence-corrected chi connectivity index (χ1v) is 13.0. The van der Waals surface area contributed by atoms with E-state index in [0.29, 0.717) is 41.5 Å². The van der Waals surface area contributed by atoms with Gasteiger partial charge in [-0.2, -0.15) is 0 Å². The fourth-order valence-corrected chi connectivity index (χ4v) is 4.19. The number of halogens is 2. The lowest BCUT2D eigenvalue weighted by Gasteiger charge is -2.27. The van der Waals surface area contributed by atoms with Gasteiger partial charge in [-0.05, 0) is 34.5 Å². The fourth-order valence-electron chi connectivity index (χ4n) is 4.02. The van der Waals surface area contributed by atoms with E-state index in [1.54, 1.807) is 24.3 Å². The van der Waals surface area contributed by atoms with Crippen molar-refractivity contribution in [3.8, 4) is 17.0 Å². The van der Waals surface area contributed by atoms with Crippen LogP contribution in [0.25, 0.3) is 11.1 Å². The van der Waals surface area contributed by atoms with Crippen LogP contribution in [0.2, 0.25) is 5.02 Å². The number of hydrazine groups is 1. The van der Waals surface area contributed by atoms with E-state index in [4.69, 9.17) is 30.3 Å². The molecule has 4 rings (SSSR count). The zero-order chi connectivity index (χ0) is 28.5. The number of amides is 1. The van der Waals surface area contributed by atoms with E-state index in [1.165, 1.54) is 36.4 Å². The first-order chi connectivity index (χ1) is 19.3. The van der Waals surface area contributed by atoms with Crippen LogP contribution in [0.15, 0.2) is 53.1 Å². The zero-order valence-corrected chi connectivity index (χ0v) is 22.6. The zero-order valence-electron chi connectivity index (χ0n) is 21.8. The number of hydrogen-bond donors (Lipinski definition) is 2. The van der Waals surface area contributed by atoms with Crippen molar-refractivity contribution in [2.75, 3.05) is 53.1 Å². The van der Waals surface area contributed by atoms with E-state index in [-0.39, 0.29) is 31.3 Å². The number of nitrogens with one attached hydrogen (secondary N) is 1. The molecule has 0 bridgehead atoms. The van der Waals surface area contributed by atoms with Gasteiger partial charge in [0.15, 0.2) is 6.10 Å². The number of esters is 1. The molecule has 1 fully saturated rings. The topological polar surface area (TPSA) is 127 Å². The summed E-state index contributed by atoms with van der Waals surface area (Å²) in [5, 5.41) is 15.9. The van der Waals surface area contributed by atoms with Gasteiger partial charge in [0, 0.05) is 36.8 Å². The Morgan fingerprint density at radius 3 is 2.65 bits per heavy atom. The molecule has 3 aromatic rings. The Morgan fingerprint density at radius 1 is 1.20 bits per heavy atom. The molecule has 1 aromatic heterocycles. The van der Waals surface area contributed by atoms with Crippen molar-refractivity contribution in [3.63, 3.8) is 0 Å². The number of morpholine rings is 1. The number of nitrogens with zero attached hydrogens (tertiary/aromatic N) is 3. The number of aliphatic hydroxyl groups excluding tert-OH is 1. The highest BCUT2D eigenvalue weighted by Gasteiger charge is 2.24. The molecule has 0 aliphatic carbocycles. The third kappa shape index (κ3) is 8.23. The van der Waals surface area contributed by atoms with Crippen LogP contribution in [0.5, 0.6) is 5.88 Å². The number of hydrogen-bond acceptors (Lipinski definition) is 10. The molecule has 1 aliphatic heterocycles. The standard InChI is InChI=1S/C27H30ClFN4O7/c1-37-25-15-24(40-31-25)26(35)30-33(17-23(34)27(36)39-13-10-32-8-11-38-12-9-32)16-18-2-4-19(5-3-18)21-14-20(28)6-7-22(21)29/h2-7,14-15,23,34H,8-13,16-17H2,1H3,(H,30,35)/t23-/m1/s1. The third-order valence-electron chi connectivity index (χ3n) is 6.17. The summed E-state index contributed by atoms with van der Waals surface area (Å²) in [6, 6.07) is 12.5. The fraction of sp³-hybridized carbons (Fsp3) is 0.370.